The van der Waals surface area contributed by atoms with Gasteiger partial charge in [0.25, 0.3) is 10.0 Å². The molecule has 144 valence electrons. The van der Waals surface area contributed by atoms with Crippen molar-refractivity contribution in [3.05, 3.63) is 29.3 Å². The summed E-state index contributed by atoms with van der Waals surface area (Å²) in [5, 5.41) is 1.78. The van der Waals surface area contributed by atoms with Crippen LogP contribution in [0, 0.1) is 0 Å². The fraction of sp³-hybridized carbons (Fsp3) is 0.611. The van der Waals surface area contributed by atoms with Crippen LogP contribution in [0.2, 0.25) is 0 Å². The molecular weight excluding hydrogens is 370 g/mol. The fourth-order valence-electron chi connectivity index (χ4n) is 3.55. The predicted octanol–water partition coefficient (Wildman–Crippen LogP) is 2.36. The van der Waals surface area contributed by atoms with Crippen LogP contribution in [0.5, 0.6) is 0 Å². The van der Waals surface area contributed by atoms with Crippen LogP contribution in [0.4, 0.5) is 0 Å². The molecule has 1 aliphatic heterocycles. The SMILES string of the molecule is CCN(C(=O)CN1CCN(S(=O)(=O)c2cccs2)CC1)C1=CCCCC1. The summed E-state index contributed by atoms with van der Waals surface area (Å²) in [7, 11) is -3.39. The summed E-state index contributed by atoms with van der Waals surface area (Å²) in [6.45, 7) is 5.11. The molecule has 0 bridgehead atoms. The Labute approximate surface area is 160 Å². The van der Waals surface area contributed by atoms with E-state index < -0.39 is 10.0 Å². The van der Waals surface area contributed by atoms with E-state index in [9.17, 15) is 13.2 Å². The Kier molecular flexibility index (Phi) is 6.50. The van der Waals surface area contributed by atoms with E-state index in [0.29, 0.717) is 43.5 Å². The predicted molar refractivity (Wildman–Crippen MR) is 103 cm³/mol. The number of sulfonamides is 1. The highest BCUT2D eigenvalue weighted by molar-refractivity contribution is 7.91. The molecule has 0 atom stereocenters. The summed E-state index contributed by atoms with van der Waals surface area (Å²) in [4.78, 5) is 16.7. The van der Waals surface area contributed by atoms with Crippen molar-refractivity contribution in [3.63, 3.8) is 0 Å². The quantitative estimate of drug-likeness (QED) is 0.739. The van der Waals surface area contributed by atoms with E-state index in [2.05, 4.69) is 11.0 Å². The smallest absolute Gasteiger partial charge is 0.252 e. The van der Waals surface area contributed by atoms with E-state index in [0.717, 1.165) is 25.0 Å². The van der Waals surface area contributed by atoms with E-state index in [-0.39, 0.29) is 5.91 Å². The van der Waals surface area contributed by atoms with Crippen molar-refractivity contribution in [3.8, 4) is 0 Å². The number of rotatable bonds is 6. The largest absolute Gasteiger partial charge is 0.316 e. The second-order valence-electron chi connectivity index (χ2n) is 6.69. The first-order valence-corrected chi connectivity index (χ1v) is 11.6. The Morgan fingerprint density at radius 2 is 2.00 bits per heavy atom. The lowest BCUT2D eigenvalue weighted by molar-refractivity contribution is -0.130. The molecular formula is C18H27N3O3S2. The molecule has 0 aromatic carbocycles. The first-order valence-electron chi connectivity index (χ1n) is 9.28. The van der Waals surface area contributed by atoms with Gasteiger partial charge < -0.3 is 4.90 Å². The molecule has 0 radical (unpaired) electrons. The molecule has 0 N–H and O–H groups in total. The van der Waals surface area contributed by atoms with Gasteiger partial charge in [-0.05, 0) is 44.1 Å². The minimum atomic E-state index is -3.39. The average molecular weight is 398 g/mol. The van der Waals surface area contributed by atoms with Crippen LogP contribution in [-0.4, -0.2) is 67.7 Å². The van der Waals surface area contributed by atoms with Crippen LogP contribution >= 0.6 is 11.3 Å². The fourth-order valence-corrected chi connectivity index (χ4v) is 6.11. The molecule has 1 aromatic rings. The maximum Gasteiger partial charge on any atom is 0.252 e. The van der Waals surface area contributed by atoms with Crippen molar-refractivity contribution in [1.29, 1.82) is 0 Å². The summed E-state index contributed by atoms with van der Waals surface area (Å²) < 4.78 is 27.1. The summed E-state index contributed by atoms with van der Waals surface area (Å²) >= 11 is 1.25. The lowest BCUT2D eigenvalue weighted by Crippen LogP contribution is -2.51. The molecule has 8 heteroatoms. The minimum absolute atomic E-state index is 0.121. The van der Waals surface area contributed by atoms with E-state index in [1.165, 1.54) is 22.1 Å². The van der Waals surface area contributed by atoms with Gasteiger partial charge in [-0.15, -0.1) is 11.3 Å². The third kappa shape index (κ3) is 4.36. The van der Waals surface area contributed by atoms with Crippen LogP contribution in [0.1, 0.15) is 32.6 Å². The highest BCUT2D eigenvalue weighted by Gasteiger charge is 2.30. The Morgan fingerprint density at radius 1 is 1.23 bits per heavy atom. The van der Waals surface area contributed by atoms with E-state index in [4.69, 9.17) is 0 Å². The van der Waals surface area contributed by atoms with Crippen molar-refractivity contribution >= 4 is 27.3 Å². The Balaban J connectivity index is 1.55. The number of nitrogens with zero attached hydrogens (tertiary/aromatic N) is 3. The van der Waals surface area contributed by atoms with Gasteiger partial charge in [-0.3, -0.25) is 9.69 Å². The molecule has 0 spiro atoms. The van der Waals surface area contributed by atoms with Gasteiger partial charge in [0.2, 0.25) is 5.91 Å². The van der Waals surface area contributed by atoms with E-state index in [1.54, 1.807) is 17.5 Å². The van der Waals surface area contributed by atoms with Crippen LogP contribution < -0.4 is 0 Å². The number of allylic oxidation sites excluding steroid dienone is 2. The van der Waals surface area contributed by atoms with Gasteiger partial charge in [0.05, 0.1) is 6.54 Å². The summed E-state index contributed by atoms with van der Waals surface area (Å²) in [6, 6.07) is 3.40. The number of piperazine rings is 1. The van der Waals surface area contributed by atoms with E-state index >= 15 is 0 Å². The molecule has 6 nitrogen and oxygen atoms in total. The van der Waals surface area contributed by atoms with Crippen molar-refractivity contribution < 1.29 is 13.2 Å². The molecule has 2 heterocycles. The molecule has 26 heavy (non-hydrogen) atoms. The van der Waals surface area contributed by atoms with Crippen LogP contribution in [0.15, 0.2) is 33.5 Å². The monoisotopic (exact) mass is 397 g/mol. The number of likely N-dealkylation sites (N-methyl/N-ethyl adjacent to an activating group) is 1. The highest BCUT2D eigenvalue weighted by Crippen LogP contribution is 2.23. The maximum atomic E-state index is 12.7. The maximum absolute atomic E-state index is 12.7. The minimum Gasteiger partial charge on any atom is -0.316 e. The van der Waals surface area contributed by atoms with Crippen LogP contribution in [0.25, 0.3) is 0 Å². The zero-order valence-corrected chi connectivity index (χ0v) is 16.9. The van der Waals surface area contributed by atoms with Gasteiger partial charge in [-0.25, -0.2) is 8.42 Å². The zero-order chi connectivity index (χ0) is 18.6. The third-order valence-electron chi connectivity index (χ3n) is 5.01. The first-order chi connectivity index (χ1) is 12.5. The molecule has 0 unspecified atom stereocenters. The van der Waals surface area contributed by atoms with Gasteiger partial charge >= 0.3 is 0 Å². The molecule has 0 saturated carbocycles. The lowest BCUT2D eigenvalue weighted by Gasteiger charge is -2.35. The molecule has 1 aliphatic carbocycles. The Hall–Kier alpha value is -1.22. The molecule has 1 aromatic heterocycles. The summed E-state index contributed by atoms with van der Waals surface area (Å²) in [6.07, 6.45) is 6.58. The van der Waals surface area contributed by atoms with Crippen molar-refractivity contribution in [1.82, 2.24) is 14.1 Å². The van der Waals surface area contributed by atoms with Gasteiger partial charge in [-0.1, -0.05) is 12.1 Å². The van der Waals surface area contributed by atoms with Gasteiger partial charge in [0, 0.05) is 38.4 Å². The van der Waals surface area contributed by atoms with Crippen molar-refractivity contribution in [2.45, 2.75) is 36.8 Å². The second kappa shape index (κ2) is 8.65. The third-order valence-corrected chi connectivity index (χ3v) is 8.28. The summed E-state index contributed by atoms with van der Waals surface area (Å²) in [5.41, 5.74) is 1.16. The molecule has 1 saturated heterocycles. The topological polar surface area (TPSA) is 60.9 Å². The molecule has 3 rings (SSSR count). The number of carbonyl (C=O) groups is 1. The van der Waals surface area contributed by atoms with Gasteiger partial charge in [0.15, 0.2) is 0 Å². The number of amides is 1. The first kappa shape index (κ1) is 19.5. The molecule has 1 amide bonds. The molecule has 2 aliphatic rings. The van der Waals surface area contributed by atoms with Crippen LogP contribution in [-0.2, 0) is 14.8 Å². The van der Waals surface area contributed by atoms with Crippen LogP contribution in [0.3, 0.4) is 0 Å². The number of hydrogen-bond donors (Lipinski definition) is 0. The zero-order valence-electron chi connectivity index (χ0n) is 15.3. The van der Waals surface area contributed by atoms with E-state index in [1.807, 2.05) is 11.8 Å². The normalized spacial score (nSPS) is 20.0. The standard InChI is InChI=1S/C18H27N3O3S2/c1-2-21(16-7-4-3-5-8-16)17(22)15-19-10-12-20(13-11-19)26(23,24)18-9-6-14-25-18/h6-7,9,14H,2-5,8,10-13,15H2,1H3. The van der Waals surface area contributed by atoms with Gasteiger partial charge in [-0.2, -0.15) is 4.31 Å². The molecule has 1 fully saturated rings. The number of hydrogen-bond acceptors (Lipinski definition) is 5. The Morgan fingerprint density at radius 3 is 2.58 bits per heavy atom. The number of thiophene rings is 1. The van der Waals surface area contributed by atoms with Gasteiger partial charge in [0.1, 0.15) is 4.21 Å². The second-order valence-corrected chi connectivity index (χ2v) is 9.80. The average Bonchev–Trinajstić information content (AvgIpc) is 3.19. The summed E-state index contributed by atoms with van der Waals surface area (Å²) in [5.74, 6) is 0.121. The van der Waals surface area contributed by atoms with Crippen molar-refractivity contribution in [2.24, 2.45) is 0 Å². The number of carbonyl (C=O) groups excluding carboxylic acids is 1. The highest BCUT2D eigenvalue weighted by atomic mass is 32.2. The lowest BCUT2D eigenvalue weighted by atomic mass is 10.0. The van der Waals surface area contributed by atoms with Crippen molar-refractivity contribution in [2.75, 3.05) is 39.3 Å². The Bertz CT molecular complexity index is 736.